The summed E-state index contributed by atoms with van der Waals surface area (Å²) in [6, 6.07) is 7.26. The van der Waals surface area contributed by atoms with E-state index in [4.69, 9.17) is 4.98 Å². The number of nitrogens with zero attached hydrogens (tertiary/aromatic N) is 7. The summed E-state index contributed by atoms with van der Waals surface area (Å²) in [6.07, 6.45) is 5.69. The van der Waals surface area contributed by atoms with Crippen molar-refractivity contribution < 1.29 is 9.90 Å². The maximum Gasteiger partial charge on any atom is 0.317 e. The smallest absolute Gasteiger partial charge is 0.317 e. The topological polar surface area (TPSA) is 108 Å². The molecule has 0 radical (unpaired) electrons. The number of fused-ring (bicyclic) bond motifs is 2. The highest BCUT2D eigenvalue weighted by Gasteiger charge is 2.51. The first-order chi connectivity index (χ1) is 16.3. The second-order valence-corrected chi connectivity index (χ2v) is 9.42. The summed E-state index contributed by atoms with van der Waals surface area (Å²) in [5.74, 6) is -0.786. The zero-order valence-electron chi connectivity index (χ0n) is 19.1. The van der Waals surface area contributed by atoms with Gasteiger partial charge in [0.2, 0.25) is 0 Å². The van der Waals surface area contributed by atoms with E-state index >= 15 is 0 Å². The van der Waals surface area contributed by atoms with Crippen molar-refractivity contribution in [1.29, 1.82) is 0 Å². The van der Waals surface area contributed by atoms with Crippen LogP contribution in [0, 0.1) is 13.8 Å². The highest BCUT2D eigenvalue weighted by atomic mass is 16.4. The summed E-state index contributed by atoms with van der Waals surface area (Å²) < 4.78 is 3.29. The molecule has 4 aromatic heterocycles. The van der Waals surface area contributed by atoms with E-state index in [1.54, 1.807) is 8.92 Å². The van der Waals surface area contributed by atoms with E-state index < -0.39 is 5.97 Å². The van der Waals surface area contributed by atoms with Gasteiger partial charge in [-0.1, -0.05) is 0 Å². The van der Waals surface area contributed by atoms with Gasteiger partial charge in [-0.2, -0.15) is 5.10 Å². The molecule has 4 aromatic rings. The van der Waals surface area contributed by atoms with Crippen LogP contribution in [0.2, 0.25) is 0 Å². The Hall–Kier alpha value is -3.79. The Bertz CT molecular complexity index is 1520. The van der Waals surface area contributed by atoms with Crippen LogP contribution in [0.25, 0.3) is 22.7 Å². The van der Waals surface area contributed by atoms with Crippen LogP contribution in [0.1, 0.15) is 24.1 Å². The van der Waals surface area contributed by atoms with E-state index in [9.17, 15) is 14.7 Å². The lowest BCUT2D eigenvalue weighted by atomic mass is 10.1. The lowest BCUT2D eigenvalue weighted by Crippen LogP contribution is -2.56. The van der Waals surface area contributed by atoms with Crippen LogP contribution in [0.3, 0.4) is 0 Å². The number of imidazole rings is 1. The number of carboxylic acids is 1. The third-order valence-electron chi connectivity index (χ3n) is 6.95. The number of carbonyl (C=O) groups is 1. The van der Waals surface area contributed by atoms with Gasteiger partial charge in [-0.15, -0.1) is 0 Å². The predicted octanol–water partition coefficient (Wildman–Crippen LogP) is 1.76. The van der Waals surface area contributed by atoms with Crippen LogP contribution in [-0.2, 0) is 4.79 Å². The van der Waals surface area contributed by atoms with Gasteiger partial charge in [0.05, 0.1) is 29.8 Å². The van der Waals surface area contributed by atoms with Crippen molar-refractivity contribution in [3.05, 3.63) is 58.3 Å². The molecular formula is C24H25N7O3. The minimum absolute atomic E-state index is 0.0630. The Labute approximate surface area is 195 Å². The van der Waals surface area contributed by atoms with Gasteiger partial charge in [0.1, 0.15) is 11.3 Å². The van der Waals surface area contributed by atoms with E-state index in [1.165, 1.54) is 6.07 Å². The highest BCUT2D eigenvalue weighted by Crippen LogP contribution is 2.44. The highest BCUT2D eigenvalue weighted by molar-refractivity contribution is 5.69. The third kappa shape index (κ3) is 3.41. The number of rotatable bonds is 4. The molecule has 2 fully saturated rings. The molecule has 2 aliphatic rings. The van der Waals surface area contributed by atoms with E-state index in [2.05, 4.69) is 19.9 Å². The molecule has 0 unspecified atom stereocenters. The molecule has 10 heteroatoms. The van der Waals surface area contributed by atoms with Crippen molar-refractivity contribution in [2.24, 2.45) is 0 Å². The van der Waals surface area contributed by atoms with Crippen LogP contribution >= 0.6 is 0 Å². The first-order valence-corrected chi connectivity index (χ1v) is 11.4. The van der Waals surface area contributed by atoms with Crippen LogP contribution in [0.4, 0.5) is 5.69 Å². The lowest BCUT2D eigenvalue weighted by molar-refractivity contribution is -0.139. The van der Waals surface area contributed by atoms with Crippen LogP contribution < -0.4 is 10.5 Å². The van der Waals surface area contributed by atoms with Crippen molar-refractivity contribution in [2.75, 3.05) is 31.1 Å². The second kappa shape index (κ2) is 7.36. The quantitative estimate of drug-likeness (QED) is 0.492. The Morgan fingerprint density at radius 1 is 1.09 bits per heavy atom. The number of pyridine rings is 1. The van der Waals surface area contributed by atoms with Crippen molar-refractivity contribution in [3.8, 4) is 11.4 Å². The molecule has 1 spiro atoms. The van der Waals surface area contributed by atoms with Crippen LogP contribution in [-0.4, -0.2) is 71.7 Å². The molecule has 1 aliphatic heterocycles. The number of hydrogen-bond acceptors (Lipinski definition) is 7. The van der Waals surface area contributed by atoms with Gasteiger partial charge in [-0.05, 0) is 50.5 Å². The van der Waals surface area contributed by atoms with E-state index in [0.29, 0.717) is 30.1 Å². The van der Waals surface area contributed by atoms with Gasteiger partial charge in [0.15, 0.2) is 5.65 Å². The fraction of sp³-hybridized carbons (Fsp3) is 0.375. The summed E-state index contributed by atoms with van der Waals surface area (Å²) in [7, 11) is 0. The van der Waals surface area contributed by atoms with Gasteiger partial charge >= 0.3 is 5.97 Å². The molecule has 1 aliphatic carbocycles. The van der Waals surface area contributed by atoms with E-state index in [-0.39, 0.29) is 17.6 Å². The third-order valence-corrected chi connectivity index (χ3v) is 6.95. The first-order valence-electron chi connectivity index (χ1n) is 11.4. The van der Waals surface area contributed by atoms with Gasteiger partial charge in [0.25, 0.3) is 5.56 Å². The van der Waals surface area contributed by atoms with Gasteiger partial charge < -0.3 is 10.0 Å². The predicted molar refractivity (Wildman–Crippen MR) is 126 cm³/mol. The summed E-state index contributed by atoms with van der Waals surface area (Å²) in [4.78, 5) is 37.8. The van der Waals surface area contributed by atoms with Crippen LogP contribution in [0.5, 0.6) is 0 Å². The molecule has 174 valence electrons. The minimum Gasteiger partial charge on any atom is -0.480 e. The van der Waals surface area contributed by atoms with Crippen molar-refractivity contribution in [2.45, 2.75) is 32.2 Å². The zero-order chi connectivity index (χ0) is 23.6. The van der Waals surface area contributed by atoms with Crippen molar-refractivity contribution in [3.63, 3.8) is 0 Å². The molecule has 0 amide bonds. The van der Waals surface area contributed by atoms with Crippen molar-refractivity contribution >= 4 is 23.0 Å². The maximum atomic E-state index is 13.1. The average Bonchev–Trinajstić information content (AvgIpc) is 3.45. The molecule has 1 N–H and O–H groups in total. The number of aromatic nitrogens is 5. The molecule has 5 heterocycles. The molecule has 0 atom stereocenters. The van der Waals surface area contributed by atoms with E-state index in [1.807, 2.05) is 44.4 Å². The number of anilines is 1. The molecule has 0 bridgehead atoms. The molecule has 34 heavy (non-hydrogen) atoms. The van der Waals surface area contributed by atoms with Gasteiger partial charge in [-0.25, -0.2) is 14.5 Å². The normalized spacial score (nSPS) is 17.6. The number of carboxylic acid groups (broad SMARTS) is 1. The van der Waals surface area contributed by atoms with E-state index in [0.717, 1.165) is 42.0 Å². The zero-order valence-corrected chi connectivity index (χ0v) is 19.1. The first kappa shape index (κ1) is 20.8. The molecule has 0 aromatic carbocycles. The number of aliphatic carboxylic acids is 1. The average molecular weight is 460 g/mol. The maximum absolute atomic E-state index is 13.1. The summed E-state index contributed by atoms with van der Waals surface area (Å²) >= 11 is 0. The Morgan fingerprint density at radius 2 is 1.91 bits per heavy atom. The van der Waals surface area contributed by atoms with Crippen LogP contribution in [0.15, 0.2) is 41.5 Å². The SMILES string of the molecule is Cc1cn2nc(-c3cc(=O)n4cc(N5CCN(CC(=O)O)C6(CC6)C5)ccc4n3)cc(C)c2n1. The molecular weight excluding hydrogens is 434 g/mol. The Morgan fingerprint density at radius 3 is 2.68 bits per heavy atom. The van der Waals surface area contributed by atoms with Gasteiger partial charge in [0, 0.05) is 37.4 Å². The fourth-order valence-electron chi connectivity index (χ4n) is 5.04. The molecule has 1 saturated carbocycles. The lowest BCUT2D eigenvalue weighted by Gasteiger charge is -2.42. The summed E-state index contributed by atoms with van der Waals surface area (Å²) in [6.45, 7) is 6.14. The Kier molecular flexibility index (Phi) is 4.50. The number of hydrogen-bond donors (Lipinski definition) is 1. The molecule has 1 saturated heterocycles. The molecule has 6 rings (SSSR count). The summed E-state index contributed by atoms with van der Waals surface area (Å²) in [5.41, 5.74) is 5.04. The minimum atomic E-state index is -0.786. The molecule has 10 nitrogen and oxygen atoms in total. The summed E-state index contributed by atoms with van der Waals surface area (Å²) in [5, 5.41) is 13.8. The second-order valence-electron chi connectivity index (χ2n) is 9.42. The number of piperazine rings is 1. The van der Waals surface area contributed by atoms with Gasteiger partial charge in [-0.3, -0.25) is 18.9 Å². The largest absolute Gasteiger partial charge is 0.480 e. The Balaban J connectivity index is 1.33. The van der Waals surface area contributed by atoms with Crippen molar-refractivity contribution in [1.82, 2.24) is 28.9 Å². The number of aryl methyl sites for hydroxylation is 2. The fourth-order valence-corrected chi connectivity index (χ4v) is 5.04. The standard InChI is InChI=1S/C24H25N7O3/c1-15-9-19(27-31-11-16(2)25-23(15)31)18-10-21(32)30-12-17(3-4-20(30)26-18)28-7-8-29(13-22(33)34)24(14-28)5-6-24/h3-4,9-12H,5-8,13-14H2,1-2H3,(H,33,34). The monoisotopic (exact) mass is 459 g/mol.